The molecule has 0 saturated heterocycles. The fourth-order valence-corrected chi connectivity index (χ4v) is 2.10. The third kappa shape index (κ3) is 2.79. The van der Waals surface area contributed by atoms with Crippen LogP contribution in [-0.2, 0) is 0 Å². The van der Waals surface area contributed by atoms with E-state index in [2.05, 4.69) is 57.5 Å². The van der Waals surface area contributed by atoms with Crippen LogP contribution in [0.15, 0.2) is 30.9 Å². The first-order chi connectivity index (χ1) is 8.02. The number of aromatic nitrogens is 1. The maximum Gasteiger partial charge on any atom is 0.0488 e. The summed E-state index contributed by atoms with van der Waals surface area (Å²) in [6, 6.07) is 6.48. The standard InChI is InChI=1S/C13H17N.C3H6/c1-8(2)12-10(4)11-7-5-6-9(3)13(11)14-12;1-3-2/h5-8,14H,1-4H3;3H,1H2,2H3. The maximum absolute atomic E-state index is 3.53. The summed E-state index contributed by atoms with van der Waals surface area (Å²) < 4.78 is 0. The highest BCUT2D eigenvalue weighted by Gasteiger charge is 2.10. The number of aromatic amines is 1. The van der Waals surface area contributed by atoms with Crippen LogP contribution in [0.25, 0.3) is 10.9 Å². The summed E-state index contributed by atoms with van der Waals surface area (Å²) in [5, 5.41) is 1.37. The first kappa shape index (κ1) is 13.6. The molecule has 1 aromatic heterocycles. The van der Waals surface area contributed by atoms with E-state index in [1.54, 1.807) is 6.08 Å². The van der Waals surface area contributed by atoms with Crippen molar-refractivity contribution in [3.8, 4) is 0 Å². The average molecular weight is 229 g/mol. The van der Waals surface area contributed by atoms with Crippen LogP contribution in [-0.4, -0.2) is 4.98 Å². The van der Waals surface area contributed by atoms with Gasteiger partial charge in [-0.25, -0.2) is 0 Å². The number of fused-ring (bicyclic) bond motifs is 1. The average Bonchev–Trinajstić information content (AvgIpc) is 2.59. The number of hydrogen-bond donors (Lipinski definition) is 1. The van der Waals surface area contributed by atoms with E-state index in [4.69, 9.17) is 0 Å². The predicted octanol–water partition coefficient (Wildman–Crippen LogP) is 5.10. The van der Waals surface area contributed by atoms with E-state index in [-0.39, 0.29) is 0 Å². The molecule has 0 amide bonds. The Bertz CT molecular complexity index is 503. The van der Waals surface area contributed by atoms with Crippen molar-refractivity contribution in [3.63, 3.8) is 0 Å². The summed E-state index contributed by atoms with van der Waals surface area (Å²) in [6.07, 6.45) is 1.75. The predicted molar refractivity (Wildman–Crippen MR) is 77.7 cm³/mol. The molecule has 0 unspecified atom stereocenters. The van der Waals surface area contributed by atoms with E-state index in [1.807, 2.05) is 6.92 Å². The fourth-order valence-electron chi connectivity index (χ4n) is 2.10. The molecule has 0 aliphatic heterocycles. The van der Waals surface area contributed by atoms with E-state index in [9.17, 15) is 0 Å². The van der Waals surface area contributed by atoms with E-state index in [0.29, 0.717) is 5.92 Å². The van der Waals surface area contributed by atoms with Crippen molar-refractivity contribution in [2.24, 2.45) is 0 Å². The van der Waals surface area contributed by atoms with Gasteiger partial charge in [0.1, 0.15) is 0 Å². The van der Waals surface area contributed by atoms with Gasteiger partial charge in [0.05, 0.1) is 0 Å². The van der Waals surface area contributed by atoms with Crippen molar-refractivity contribution in [2.45, 2.75) is 40.5 Å². The van der Waals surface area contributed by atoms with Gasteiger partial charge in [-0.1, -0.05) is 38.1 Å². The minimum absolute atomic E-state index is 0.571. The van der Waals surface area contributed by atoms with Gasteiger partial charge in [0.25, 0.3) is 0 Å². The van der Waals surface area contributed by atoms with Gasteiger partial charge in [0.15, 0.2) is 0 Å². The number of nitrogens with one attached hydrogen (secondary N) is 1. The molecule has 1 nitrogen and oxygen atoms in total. The summed E-state index contributed by atoms with van der Waals surface area (Å²) in [4.78, 5) is 3.53. The Balaban J connectivity index is 0.000000437. The van der Waals surface area contributed by atoms with Crippen LogP contribution in [0.1, 0.15) is 43.5 Å². The number of H-pyrrole nitrogens is 1. The van der Waals surface area contributed by atoms with Crippen LogP contribution in [0.3, 0.4) is 0 Å². The number of para-hydroxylation sites is 1. The van der Waals surface area contributed by atoms with Gasteiger partial charge in [0, 0.05) is 16.6 Å². The molecule has 0 radical (unpaired) electrons. The molecule has 0 atom stereocenters. The van der Waals surface area contributed by atoms with Crippen LogP contribution < -0.4 is 0 Å². The number of aryl methyl sites for hydroxylation is 2. The number of rotatable bonds is 1. The topological polar surface area (TPSA) is 15.8 Å². The van der Waals surface area contributed by atoms with E-state index >= 15 is 0 Å². The Morgan fingerprint density at radius 1 is 1.24 bits per heavy atom. The van der Waals surface area contributed by atoms with Crippen molar-refractivity contribution in [3.05, 3.63) is 47.7 Å². The largest absolute Gasteiger partial charge is 0.358 e. The Kier molecular flexibility index (Phi) is 4.56. The Morgan fingerprint density at radius 2 is 1.82 bits per heavy atom. The van der Waals surface area contributed by atoms with Gasteiger partial charge >= 0.3 is 0 Å². The van der Waals surface area contributed by atoms with Crippen molar-refractivity contribution in [1.82, 2.24) is 4.98 Å². The second kappa shape index (κ2) is 5.72. The maximum atomic E-state index is 3.53. The molecule has 1 heteroatoms. The summed E-state index contributed by atoms with van der Waals surface area (Å²) in [7, 11) is 0. The molecular formula is C16H23N. The lowest BCUT2D eigenvalue weighted by Crippen LogP contribution is -1.89. The van der Waals surface area contributed by atoms with E-state index < -0.39 is 0 Å². The second-order valence-corrected chi connectivity index (χ2v) is 4.72. The van der Waals surface area contributed by atoms with Crippen LogP contribution >= 0.6 is 0 Å². The molecule has 92 valence electrons. The quantitative estimate of drug-likeness (QED) is 0.655. The smallest absolute Gasteiger partial charge is 0.0488 e. The normalized spacial score (nSPS) is 10.2. The molecule has 1 aromatic carbocycles. The fraction of sp³-hybridized carbons (Fsp3) is 0.375. The molecule has 0 fully saturated rings. The molecule has 0 aliphatic rings. The monoisotopic (exact) mass is 229 g/mol. The Morgan fingerprint density at radius 3 is 2.29 bits per heavy atom. The van der Waals surface area contributed by atoms with Crippen LogP contribution in [0.4, 0.5) is 0 Å². The third-order valence-corrected chi connectivity index (χ3v) is 2.92. The summed E-state index contributed by atoms with van der Waals surface area (Å²) >= 11 is 0. The third-order valence-electron chi connectivity index (χ3n) is 2.92. The van der Waals surface area contributed by atoms with Gasteiger partial charge in [-0.15, -0.1) is 6.58 Å². The van der Waals surface area contributed by atoms with E-state index in [0.717, 1.165) is 0 Å². The molecule has 0 bridgehead atoms. The van der Waals surface area contributed by atoms with Gasteiger partial charge in [-0.3, -0.25) is 0 Å². The number of benzene rings is 1. The zero-order valence-corrected chi connectivity index (χ0v) is 11.6. The lowest BCUT2D eigenvalue weighted by Gasteiger charge is -2.02. The van der Waals surface area contributed by atoms with E-state index in [1.165, 1.54) is 27.7 Å². The highest BCUT2D eigenvalue weighted by atomic mass is 14.7. The van der Waals surface area contributed by atoms with Crippen molar-refractivity contribution < 1.29 is 0 Å². The zero-order valence-electron chi connectivity index (χ0n) is 11.6. The van der Waals surface area contributed by atoms with Crippen molar-refractivity contribution >= 4 is 10.9 Å². The minimum atomic E-state index is 0.571. The molecule has 2 rings (SSSR count). The lowest BCUT2D eigenvalue weighted by atomic mass is 10.0. The van der Waals surface area contributed by atoms with Gasteiger partial charge in [-0.05, 0) is 37.8 Å². The summed E-state index contributed by atoms with van der Waals surface area (Å²) in [5.41, 5.74) is 5.40. The number of allylic oxidation sites excluding steroid dienone is 1. The summed E-state index contributed by atoms with van der Waals surface area (Å²) in [5.74, 6) is 0.571. The van der Waals surface area contributed by atoms with Crippen molar-refractivity contribution in [2.75, 3.05) is 0 Å². The molecule has 0 aliphatic carbocycles. The highest BCUT2D eigenvalue weighted by molar-refractivity contribution is 5.87. The Labute approximate surface area is 105 Å². The molecule has 2 aromatic rings. The lowest BCUT2D eigenvalue weighted by molar-refractivity contribution is 0.827. The zero-order chi connectivity index (χ0) is 13.0. The molecular weight excluding hydrogens is 206 g/mol. The Hall–Kier alpha value is -1.50. The molecule has 1 N–H and O–H groups in total. The minimum Gasteiger partial charge on any atom is -0.358 e. The molecule has 17 heavy (non-hydrogen) atoms. The molecule has 0 spiro atoms. The van der Waals surface area contributed by atoms with Crippen LogP contribution in [0.2, 0.25) is 0 Å². The van der Waals surface area contributed by atoms with Crippen LogP contribution in [0, 0.1) is 13.8 Å². The van der Waals surface area contributed by atoms with Crippen molar-refractivity contribution in [1.29, 1.82) is 0 Å². The molecule has 0 saturated carbocycles. The highest BCUT2D eigenvalue weighted by Crippen LogP contribution is 2.28. The first-order valence-corrected chi connectivity index (χ1v) is 6.17. The number of hydrogen-bond acceptors (Lipinski definition) is 0. The first-order valence-electron chi connectivity index (χ1n) is 6.17. The SMILES string of the molecule is C=CC.Cc1c(C(C)C)[nH]c2c(C)cccc12. The van der Waals surface area contributed by atoms with Gasteiger partial charge in [-0.2, -0.15) is 0 Å². The summed E-state index contributed by atoms with van der Waals surface area (Å²) in [6.45, 7) is 14.1. The van der Waals surface area contributed by atoms with Gasteiger partial charge in [0.2, 0.25) is 0 Å². The molecule has 1 heterocycles. The van der Waals surface area contributed by atoms with Crippen LogP contribution in [0.5, 0.6) is 0 Å². The second-order valence-electron chi connectivity index (χ2n) is 4.72. The van der Waals surface area contributed by atoms with Gasteiger partial charge < -0.3 is 4.98 Å².